The van der Waals surface area contributed by atoms with Crippen molar-refractivity contribution in [1.29, 1.82) is 0 Å². The van der Waals surface area contributed by atoms with Crippen LogP contribution >= 0.6 is 0 Å². The molecule has 0 spiro atoms. The molecule has 0 aliphatic carbocycles. The van der Waals surface area contributed by atoms with Crippen LogP contribution in [0.2, 0.25) is 0 Å². The van der Waals surface area contributed by atoms with Crippen LogP contribution in [0, 0.1) is 12.7 Å². The molecule has 0 radical (unpaired) electrons. The number of rotatable bonds is 3. The molecule has 2 heterocycles. The van der Waals surface area contributed by atoms with Crippen molar-refractivity contribution in [3.63, 3.8) is 0 Å². The monoisotopic (exact) mass is 338 g/mol. The molecule has 1 aliphatic heterocycles. The second-order valence-corrected chi connectivity index (χ2v) is 7.82. The van der Waals surface area contributed by atoms with Crippen LogP contribution in [-0.2, 0) is 17.1 Å². The number of aromatic nitrogens is 2. The lowest BCUT2D eigenvalue weighted by Crippen LogP contribution is -2.33. The van der Waals surface area contributed by atoms with Crippen molar-refractivity contribution < 1.29 is 12.8 Å². The van der Waals surface area contributed by atoms with E-state index in [1.54, 1.807) is 23.9 Å². The number of hydrogen-bond donors (Lipinski definition) is 1. The fraction of sp³-hybridized carbons (Fsp3) is 0.400. The Labute approximate surface area is 134 Å². The molecule has 0 amide bonds. The maximum atomic E-state index is 14.1. The molecular weight excluding hydrogens is 319 g/mol. The Kier molecular flexibility index (Phi) is 3.99. The molecule has 3 rings (SSSR count). The van der Waals surface area contributed by atoms with Gasteiger partial charge in [-0.1, -0.05) is 12.1 Å². The van der Waals surface area contributed by atoms with Crippen LogP contribution in [0.5, 0.6) is 0 Å². The molecule has 0 bridgehead atoms. The third kappa shape index (κ3) is 2.77. The van der Waals surface area contributed by atoms with Crippen LogP contribution in [0.25, 0.3) is 0 Å². The van der Waals surface area contributed by atoms with Crippen molar-refractivity contribution in [3.8, 4) is 0 Å². The number of nitrogens with zero attached hydrogens (tertiary/aromatic N) is 3. The summed E-state index contributed by atoms with van der Waals surface area (Å²) >= 11 is 0. The second kappa shape index (κ2) is 5.70. The van der Waals surface area contributed by atoms with Crippen molar-refractivity contribution in [3.05, 3.63) is 47.8 Å². The summed E-state index contributed by atoms with van der Waals surface area (Å²) < 4.78 is 42.7. The van der Waals surface area contributed by atoms with E-state index in [0.29, 0.717) is 5.56 Å². The molecule has 23 heavy (non-hydrogen) atoms. The molecule has 1 saturated heterocycles. The minimum absolute atomic E-state index is 0.150. The topological polar surface area (TPSA) is 81.2 Å². The summed E-state index contributed by atoms with van der Waals surface area (Å²) in [6.07, 6.45) is 3.48. The molecule has 1 aromatic heterocycles. The predicted molar refractivity (Wildman–Crippen MR) is 83.8 cm³/mol. The zero-order valence-corrected chi connectivity index (χ0v) is 13.8. The Morgan fingerprint density at radius 1 is 1.35 bits per heavy atom. The molecule has 8 heteroatoms. The van der Waals surface area contributed by atoms with Crippen LogP contribution in [0.1, 0.15) is 17.2 Å². The van der Waals surface area contributed by atoms with Gasteiger partial charge in [0.2, 0.25) is 10.0 Å². The first-order valence-corrected chi connectivity index (χ1v) is 8.73. The lowest BCUT2D eigenvalue weighted by Gasteiger charge is -2.18. The average molecular weight is 338 g/mol. The third-order valence-electron chi connectivity index (χ3n) is 4.20. The van der Waals surface area contributed by atoms with E-state index >= 15 is 0 Å². The van der Waals surface area contributed by atoms with Crippen molar-refractivity contribution in [2.24, 2.45) is 12.8 Å². The molecule has 0 unspecified atom stereocenters. The van der Waals surface area contributed by atoms with Crippen LogP contribution in [0.3, 0.4) is 0 Å². The molecule has 2 aromatic rings. The van der Waals surface area contributed by atoms with Crippen LogP contribution in [0.4, 0.5) is 4.39 Å². The number of aryl methyl sites for hydroxylation is 2. The highest BCUT2D eigenvalue weighted by atomic mass is 32.2. The molecular formula is C15H19FN4O2S. The zero-order valence-electron chi connectivity index (χ0n) is 13.0. The van der Waals surface area contributed by atoms with E-state index in [4.69, 9.17) is 5.73 Å². The van der Waals surface area contributed by atoms with Crippen molar-refractivity contribution in [2.75, 3.05) is 13.1 Å². The normalized spacial score (nSPS) is 22.6. The fourth-order valence-electron chi connectivity index (χ4n) is 3.00. The number of benzene rings is 1. The van der Waals surface area contributed by atoms with E-state index in [2.05, 4.69) is 4.98 Å². The van der Waals surface area contributed by atoms with Gasteiger partial charge in [-0.15, -0.1) is 0 Å². The van der Waals surface area contributed by atoms with E-state index in [-0.39, 0.29) is 29.9 Å². The Hall–Kier alpha value is -1.77. The van der Waals surface area contributed by atoms with Gasteiger partial charge in [0, 0.05) is 38.3 Å². The quantitative estimate of drug-likeness (QED) is 0.905. The molecule has 0 saturated carbocycles. The van der Waals surface area contributed by atoms with E-state index in [9.17, 15) is 12.8 Å². The van der Waals surface area contributed by atoms with Crippen molar-refractivity contribution >= 4 is 10.0 Å². The Bertz CT molecular complexity index is 814. The van der Waals surface area contributed by atoms with E-state index in [1.165, 1.54) is 10.4 Å². The fourth-order valence-corrected chi connectivity index (χ4v) is 4.77. The third-order valence-corrected chi connectivity index (χ3v) is 6.21. The Morgan fingerprint density at radius 3 is 2.70 bits per heavy atom. The summed E-state index contributed by atoms with van der Waals surface area (Å²) in [7, 11) is -2.08. The van der Waals surface area contributed by atoms with E-state index in [1.807, 2.05) is 13.2 Å². The Balaban J connectivity index is 1.93. The minimum Gasteiger partial charge on any atom is -0.340 e. The highest BCUT2D eigenvalue weighted by molar-refractivity contribution is 7.89. The molecule has 2 atom stereocenters. The first-order chi connectivity index (χ1) is 10.8. The number of sulfonamides is 1. The lowest BCUT2D eigenvalue weighted by molar-refractivity contribution is 0.462. The van der Waals surface area contributed by atoms with Gasteiger partial charge in [0.15, 0.2) is 0 Å². The standard InChI is InChI=1S/C15H19FN4O2S/c1-10-4-3-5-12(16)15(10)23(21,22)20-6-11(13(17)7-20)14-8-19(2)9-18-14/h3-5,8-9,11,13H,6-7,17H2,1-2H3/t11-,13-/m0/s1. The van der Waals surface area contributed by atoms with Crippen LogP contribution in [0.15, 0.2) is 35.6 Å². The van der Waals surface area contributed by atoms with Crippen molar-refractivity contribution in [2.45, 2.75) is 23.8 Å². The lowest BCUT2D eigenvalue weighted by atomic mass is 10.0. The van der Waals surface area contributed by atoms with Gasteiger partial charge < -0.3 is 10.3 Å². The van der Waals surface area contributed by atoms with Gasteiger partial charge in [0.1, 0.15) is 10.7 Å². The van der Waals surface area contributed by atoms with Crippen molar-refractivity contribution in [1.82, 2.24) is 13.9 Å². The van der Waals surface area contributed by atoms with Gasteiger partial charge in [-0.05, 0) is 18.6 Å². The molecule has 124 valence electrons. The molecule has 1 aromatic carbocycles. The van der Waals surface area contributed by atoms with Crippen LogP contribution in [-0.4, -0.2) is 41.4 Å². The predicted octanol–water partition coefficient (Wildman–Crippen LogP) is 0.983. The highest BCUT2D eigenvalue weighted by Gasteiger charge is 2.40. The number of nitrogens with two attached hydrogens (primary N) is 1. The first kappa shape index (κ1) is 16.1. The summed E-state index contributed by atoms with van der Waals surface area (Å²) in [5, 5.41) is 0. The number of hydrogen-bond acceptors (Lipinski definition) is 4. The van der Waals surface area contributed by atoms with Gasteiger partial charge in [-0.2, -0.15) is 4.31 Å². The average Bonchev–Trinajstić information content (AvgIpc) is 3.04. The zero-order chi connectivity index (χ0) is 16.8. The summed E-state index contributed by atoms with van der Waals surface area (Å²) in [5.41, 5.74) is 7.25. The largest absolute Gasteiger partial charge is 0.340 e. The smallest absolute Gasteiger partial charge is 0.246 e. The minimum atomic E-state index is -3.92. The highest BCUT2D eigenvalue weighted by Crippen LogP contribution is 2.31. The SMILES string of the molecule is Cc1cccc(F)c1S(=O)(=O)N1C[C@H](c2cn(C)cn2)[C@@H](N)C1. The summed E-state index contributed by atoms with van der Waals surface area (Å²) in [6.45, 7) is 1.94. The second-order valence-electron chi connectivity index (χ2n) is 5.94. The maximum Gasteiger partial charge on any atom is 0.246 e. The molecule has 6 nitrogen and oxygen atoms in total. The van der Waals surface area contributed by atoms with Crippen LogP contribution < -0.4 is 5.73 Å². The summed E-state index contributed by atoms with van der Waals surface area (Å²) in [6, 6.07) is 3.87. The van der Waals surface area contributed by atoms with Gasteiger partial charge in [0.05, 0.1) is 12.0 Å². The molecule has 1 fully saturated rings. The van der Waals surface area contributed by atoms with Gasteiger partial charge in [-0.25, -0.2) is 17.8 Å². The Morgan fingerprint density at radius 2 is 2.09 bits per heavy atom. The summed E-state index contributed by atoms with van der Waals surface area (Å²) in [5.74, 6) is -0.932. The van der Waals surface area contributed by atoms with E-state index in [0.717, 1.165) is 11.8 Å². The van der Waals surface area contributed by atoms with Gasteiger partial charge >= 0.3 is 0 Å². The number of imidazole rings is 1. The van der Waals surface area contributed by atoms with E-state index < -0.39 is 15.8 Å². The summed E-state index contributed by atoms with van der Waals surface area (Å²) in [4.78, 5) is 3.99. The van der Waals surface area contributed by atoms with Gasteiger partial charge in [-0.3, -0.25) is 0 Å². The number of halogens is 1. The van der Waals surface area contributed by atoms with Gasteiger partial charge in [0.25, 0.3) is 0 Å². The molecule has 2 N–H and O–H groups in total. The maximum absolute atomic E-state index is 14.1. The first-order valence-electron chi connectivity index (χ1n) is 7.29. The molecule has 1 aliphatic rings.